The van der Waals surface area contributed by atoms with Crippen molar-refractivity contribution in [3.8, 4) is 5.82 Å². The molecular formula is C22H21ClN6O. The summed E-state index contributed by atoms with van der Waals surface area (Å²) >= 11 is 6.38. The first-order valence-electron chi connectivity index (χ1n) is 9.88. The van der Waals surface area contributed by atoms with Gasteiger partial charge in [-0.15, -0.1) is 0 Å². The van der Waals surface area contributed by atoms with Crippen LogP contribution in [0.3, 0.4) is 0 Å². The number of benzene rings is 2. The van der Waals surface area contributed by atoms with E-state index in [1.807, 2.05) is 36.4 Å². The Balaban J connectivity index is 1.34. The molecule has 7 nitrogen and oxygen atoms in total. The van der Waals surface area contributed by atoms with E-state index >= 15 is 0 Å². The number of fused-ring (bicyclic) bond motifs is 1. The third-order valence-corrected chi connectivity index (χ3v) is 5.39. The lowest BCUT2D eigenvalue weighted by Crippen LogP contribution is -2.35. The van der Waals surface area contributed by atoms with Crippen molar-refractivity contribution in [3.05, 3.63) is 71.5 Å². The molecular weight excluding hydrogens is 400 g/mol. The van der Waals surface area contributed by atoms with E-state index in [0.717, 1.165) is 49.4 Å². The highest BCUT2D eigenvalue weighted by molar-refractivity contribution is 6.32. The number of nitrogens with zero attached hydrogens (tertiary/aromatic N) is 5. The number of ether oxygens (including phenoxy) is 1. The lowest BCUT2D eigenvalue weighted by molar-refractivity contribution is 0.0342. The van der Waals surface area contributed by atoms with Crippen molar-refractivity contribution in [2.45, 2.75) is 6.54 Å². The van der Waals surface area contributed by atoms with E-state index in [4.69, 9.17) is 16.3 Å². The third kappa shape index (κ3) is 4.00. The molecule has 0 bridgehead atoms. The maximum absolute atomic E-state index is 6.38. The minimum atomic E-state index is 0.440. The van der Waals surface area contributed by atoms with Crippen LogP contribution in [0, 0.1) is 0 Å². The van der Waals surface area contributed by atoms with Gasteiger partial charge < -0.3 is 10.1 Å². The Kier molecular flexibility index (Phi) is 5.31. The van der Waals surface area contributed by atoms with Crippen LogP contribution in [0.25, 0.3) is 16.7 Å². The number of halogens is 1. The van der Waals surface area contributed by atoms with E-state index in [9.17, 15) is 0 Å². The van der Waals surface area contributed by atoms with Gasteiger partial charge >= 0.3 is 0 Å². The maximum Gasteiger partial charge on any atom is 0.229 e. The van der Waals surface area contributed by atoms with Gasteiger partial charge in [-0.25, -0.2) is 9.67 Å². The first-order valence-corrected chi connectivity index (χ1v) is 10.3. The Morgan fingerprint density at radius 3 is 2.63 bits per heavy atom. The second-order valence-corrected chi connectivity index (χ2v) is 7.60. The molecule has 3 heterocycles. The maximum atomic E-state index is 6.38. The van der Waals surface area contributed by atoms with Gasteiger partial charge in [-0.05, 0) is 23.8 Å². The summed E-state index contributed by atoms with van der Waals surface area (Å²) in [6.07, 6.45) is 3.39. The highest BCUT2D eigenvalue weighted by atomic mass is 35.5. The van der Waals surface area contributed by atoms with Crippen molar-refractivity contribution >= 4 is 34.1 Å². The van der Waals surface area contributed by atoms with Gasteiger partial charge in [-0.3, -0.25) is 4.90 Å². The minimum absolute atomic E-state index is 0.440. The molecule has 0 saturated carbocycles. The Hall–Kier alpha value is -3.00. The summed E-state index contributed by atoms with van der Waals surface area (Å²) in [6, 6.07) is 16.3. The second-order valence-electron chi connectivity index (χ2n) is 7.19. The fourth-order valence-corrected chi connectivity index (χ4v) is 3.72. The van der Waals surface area contributed by atoms with Crippen molar-refractivity contribution in [1.82, 2.24) is 24.6 Å². The van der Waals surface area contributed by atoms with Crippen LogP contribution in [0.5, 0.6) is 0 Å². The third-order valence-electron chi connectivity index (χ3n) is 5.12. The molecule has 30 heavy (non-hydrogen) atoms. The first-order chi connectivity index (χ1) is 14.8. The van der Waals surface area contributed by atoms with E-state index in [1.165, 1.54) is 5.56 Å². The number of morpholine rings is 1. The van der Waals surface area contributed by atoms with Crippen molar-refractivity contribution in [1.29, 1.82) is 0 Å². The standard InChI is InChI=1S/C22H21ClN6O/c23-19-14-24-22(27-21(19)29-20-4-2-1-3-17(20)13-25-29)26-18-7-5-16(6-8-18)15-28-9-11-30-12-10-28/h1-8,13-14H,9-12,15H2,(H,24,26,27). The lowest BCUT2D eigenvalue weighted by Gasteiger charge is -2.26. The predicted molar refractivity (Wildman–Crippen MR) is 117 cm³/mol. The SMILES string of the molecule is Clc1cnc(Nc2ccc(CN3CCOCC3)cc2)nc1-n1ncc2ccccc21. The molecule has 1 fully saturated rings. The van der Waals surface area contributed by atoms with Crippen LogP contribution in [0.2, 0.25) is 5.02 Å². The van der Waals surface area contributed by atoms with E-state index in [1.54, 1.807) is 17.1 Å². The van der Waals surface area contributed by atoms with Gasteiger partial charge in [0.2, 0.25) is 5.95 Å². The Bertz CT molecular complexity index is 1150. The average Bonchev–Trinajstić information content (AvgIpc) is 3.21. The summed E-state index contributed by atoms with van der Waals surface area (Å²) < 4.78 is 7.14. The van der Waals surface area contributed by atoms with Gasteiger partial charge in [0.1, 0.15) is 5.02 Å². The van der Waals surface area contributed by atoms with Crippen LogP contribution in [-0.2, 0) is 11.3 Å². The highest BCUT2D eigenvalue weighted by Gasteiger charge is 2.13. The van der Waals surface area contributed by atoms with Gasteiger partial charge in [0.15, 0.2) is 5.82 Å². The Labute approximate surface area is 179 Å². The summed E-state index contributed by atoms with van der Waals surface area (Å²) in [4.78, 5) is 11.3. The molecule has 0 spiro atoms. The summed E-state index contributed by atoms with van der Waals surface area (Å²) in [6.45, 7) is 4.49. The number of hydrogen-bond acceptors (Lipinski definition) is 6. The highest BCUT2D eigenvalue weighted by Crippen LogP contribution is 2.24. The number of rotatable bonds is 5. The van der Waals surface area contributed by atoms with Crippen molar-refractivity contribution < 1.29 is 4.74 Å². The molecule has 0 unspecified atom stereocenters. The number of hydrogen-bond donors (Lipinski definition) is 1. The quantitative estimate of drug-likeness (QED) is 0.525. The van der Waals surface area contributed by atoms with Gasteiger partial charge in [-0.2, -0.15) is 10.1 Å². The van der Waals surface area contributed by atoms with Crippen LogP contribution in [-0.4, -0.2) is 51.0 Å². The van der Waals surface area contributed by atoms with Crippen LogP contribution in [0.15, 0.2) is 60.9 Å². The van der Waals surface area contributed by atoms with Crippen LogP contribution in [0.4, 0.5) is 11.6 Å². The zero-order valence-electron chi connectivity index (χ0n) is 16.3. The number of nitrogens with one attached hydrogen (secondary N) is 1. The number of anilines is 2. The summed E-state index contributed by atoms with van der Waals surface area (Å²) in [5, 5.41) is 9.16. The van der Waals surface area contributed by atoms with E-state index in [2.05, 4.69) is 37.4 Å². The van der Waals surface area contributed by atoms with Gasteiger partial charge in [0.05, 0.1) is 31.1 Å². The van der Waals surface area contributed by atoms with Crippen LogP contribution < -0.4 is 5.32 Å². The molecule has 2 aromatic heterocycles. The molecule has 0 atom stereocenters. The average molecular weight is 421 g/mol. The summed E-state index contributed by atoms with van der Waals surface area (Å²) in [5.41, 5.74) is 3.12. The number of aromatic nitrogens is 4. The van der Waals surface area contributed by atoms with E-state index in [-0.39, 0.29) is 0 Å². The smallest absolute Gasteiger partial charge is 0.229 e. The van der Waals surface area contributed by atoms with Gasteiger partial charge in [0.25, 0.3) is 0 Å². The van der Waals surface area contributed by atoms with Gasteiger partial charge in [-0.1, -0.05) is 41.9 Å². The number of para-hydroxylation sites is 1. The first kappa shape index (κ1) is 19.0. The van der Waals surface area contributed by atoms with E-state index < -0.39 is 0 Å². The molecule has 0 amide bonds. The lowest BCUT2D eigenvalue weighted by atomic mass is 10.2. The molecule has 8 heteroatoms. The monoisotopic (exact) mass is 420 g/mol. The Morgan fingerprint density at radius 2 is 1.80 bits per heavy atom. The van der Waals surface area contributed by atoms with E-state index in [0.29, 0.717) is 16.8 Å². The minimum Gasteiger partial charge on any atom is -0.379 e. The van der Waals surface area contributed by atoms with Gasteiger partial charge in [0, 0.05) is 30.7 Å². The fraction of sp³-hybridized carbons (Fsp3) is 0.227. The Morgan fingerprint density at radius 1 is 1.00 bits per heavy atom. The molecule has 1 saturated heterocycles. The molecule has 5 rings (SSSR count). The molecule has 152 valence electrons. The van der Waals surface area contributed by atoms with Crippen molar-refractivity contribution in [2.24, 2.45) is 0 Å². The zero-order chi connectivity index (χ0) is 20.3. The fourth-order valence-electron chi connectivity index (χ4n) is 3.55. The molecule has 1 aliphatic rings. The van der Waals surface area contributed by atoms with Crippen molar-refractivity contribution in [3.63, 3.8) is 0 Å². The topological polar surface area (TPSA) is 68.1 Å². The predicted octanol–water partition coefficient (Wildman–Crippen LogP) is 4.04. The largest absolute Gasteiger partial charge is 0.379 e. The van der Waals surface area contributed by atoms with Crippen LogP contribution >= 0.6 is 11.6 Å². The molecule has 0 aliphatic carbocycles. The molecule has 0 radical (unpaired) electrons. The van der Waals surface area contributed by atoms with Crippen molar-refractivity contribution in [2.75, 3.05) is 31.6 Å². The van der Waals surface area contributed by atoms with Crippen LogP contribution in [0.1, 0.15) is 5.56 Å². The molecule has 1 aliphatic heterocycles. The molecule has 4 aromatic rings. The molecule has 2 aromatic carbocycles. The molecule has 1 N–H and O–H groups in total. The summed E-state index contributed by atoms with van der Waals surface area (Å²) in [5.74, 6) is 1.01. The zero-order valence-corrected chi connectivity index (χ0v) is 17.1. The summed E-state index contributed by atoms with van der Waals surface area (Å²) in [7, 11) is 0. The normalized spacial score (nSPS) is 14.8. The second kappa shape index (κ2) is 8.39.